The fraction of sp³-hybridized carbons (Fsp3) is 0.792. The lowest BCUT2D eigenvalue weighted by atomic mass is 9.89. The van der Waals surface area contributed by atoms with Gasteiger partial charge in [0, 0.05) is 11.8 Å². The van der Waals surface area contributed by atoms with Gasteiger partial charge in [-0.3, -0.25) is 9.59 Å². The molecular formula is C24H58N4O3. The molecule has 0 unspecified atom stereocenters. The molecule has 0 radical (unpaired) electrons. The Hall–Kier alpha value is -1.02. The highest BCUT2D eigenvalue weighted by molar-refractivity contribution is 5.81. The summed E-state index contributed by atoms with van der Waals surface area (Å²) in [4.78, 5) is 24.7. The second-order valence-electron chi connectivity index (χ2n) is 11.0. The summed E-state index contributed by atoms with van der Waals surface area (Å²) >= 11 is 0. The molecule has 7 nitrogen and oxygen atoms in total. The van der Waals surface area contributed by atoms with E-state index in [4.69, 9.17) is 0 Å². The maximum absolute atomic E-state index is 12.5. The van der Waals surface area contributed by atoms with Crippen molar-refractivity contribution < 1.29 is 28.5 Å². The smallest absolute Gasteiger partial charge is 0.229 e. The molecule has 7 heteroatoms. The van der Waals surface area contributed by atoms with E-state index < -0.39 is 0 Å². The van der Waals surface area contributed by atoms with Crippen LogP contribution in [0.5, 0.6) is 0 Å². The summed E-state index contributed by atoms with van der Waals surface area (Å²) in [5.74, 6) is 0.320. The summed E-state index contributed by atoms with van der Waals surface area (Å²) in [7, 11) is 15.0. The summed E-state index contributed by atoms with van der Waals surface area (Å²) in [6.07, 6.45) is 2.55. The third-order valence-electron chi connectivity index (χ3n) is 5.36. The Morgan fingerprint density at radius 1 is 0.806 bits per heavy atom. The number of carbonyl (C=O) groups is 2. The van der Waals surface area contributed by atoms with Crippen LogP contribution in [0.2, 0.25) is 0 Å². The standard InChI is InChI=1S/C21H46N4O2.3CH3.H2O/c1-11-21(2,3)20(27)22-18-25(9,10)17-19(26)13-16-24(7,8)15-12-14-23(4,5)6;;;;/h11-18H2,1-10H3;3*1H3;1H2/q+2;3*-1;/p+1. The number of amides is 1. The minimum absolute atomic E-state index is 0. The number of Topliss-reactive ketones (excluding diaryl/α,β-unsaturated/α-hetero) is 1. The van der Waals surface area contributed by atoms with Crippen molar-refractivity contribution in [2.24, 2.45) is 5.41 Å². The first kappa shape index (κ1) is 40.3. The number of nitrogens with one attached hydrogen (secondary N) is 1. The van der Waals surface area contributed by atoms with Crippen LogP contribution in [0.15, 0.2) is 0 Å². The molecule has 192 valence electrons. The zero-order valence-corrected chi connectivity index (χ0v) is 23.3. The lowest BCUT2D eigenvalue weighted by Crippen LogP contribution is -2.53. The predicted octanol–water partition coefficient (Wildman–Crippen LogP) is 2.23. The number of quaternary nitrogens is 3. The van der Waals surface area contributed by atoms with Gasteiger partial charge < -0.3 is 46.5 Å². The van der Waals surface area contributed by atoms with Gasteiger partial charge in [-0.15, -0.1) is 0 Å². The Morgan fingerprint density at radius 2 is 1.29 bits per heavy atom. The quantitative estimate of drug-likeness (QED) is 0.265. The van der Waals surface area contributed by atoms with E-state index in [-0.39, 0.29) is 44.9 Å². The maximum Gasteiger partial charge on any atom is 0.229 e. The predicted molar refractivity (Wildman–Crippen MR) is 136 cm³/mol. The zero-order valence-electron chi connectivity index (χ0n) is 23.3. The molecule has 0 saturated heterocycles. The van der Waals surface area contributed by atoms with Crippen LogP contribution in [0.4, 0.5) is 0 Å². The molecule has 0 aromatic rings. The van der Waals surface area contributed by atoms with Gasteiger partial charge in [0.05, 0.1) is 75.4 Å². The molecule has 0 saturated carbocycles. The first-order valence-corrected chi connectivity index (χ1v) is 10.2. The fourth-order valence-corrected chi connectivity index (χ4v) is 2.81. The highest BCUT2D eigenvalue weighted by Crippen LogP contribution is 2.19. The number of hydrogen-bond donors (Lipinski definition) is 1. The van der Waals surface area contributed by atoms with Crippen LogP contribution in [-0.4, -0.2) is 113 Å². The van der Waals surface area contributed by atoms with E-state index in [0.29, 0.717) is 24.1 Å². The third kappa shape index (κ3) is 19.4. The van der Waals surface area contributed by atoms with Crippen LogP contribution in [-0.2, 0) is 9.59 Å². The molecule has 0 aliphatic heterocycles. The molecule has 0 rings (SSSR count). The number of nitrogens with zero attached hydrogens (tertiary/aromatic N) is 3. The Kier molecular flexibility index (Phi) is 20.5. The van der Waals surface area contributed by atoms with E-state index in [0.717, 1.165) is 41.4 Å². The molecule has 3 N–H and O–H groups in total. The number of carbonyl (C=O) groups excluding carboxylic acids is 2. The molecule has 0 heterocycles. The summed E-state index contributed by atoms with van der Waals surface area (Å²) in [6.45, 7) is 9.95. The zero-order chi connectivity index (χ0) is 21.5. The van der Waals surface area contributed by atoms with Crippen LogP contribution < -0.4 is 5.32 Å². The van der Waals surface area contributed by atoms with Crippen molar-refractivity contribution in [1.82, 2.24) is 5.32 Å². The summed E-state index contributed by atoms with van der Waals surface area (Å²) < 4.78 is 2.34. The molecule has 0 atom stereocenters. The lowest BCUT2D eigenvalue weighted by molar-refractivity contribution is -0.902. The van der Waals surface area contributed by atoms with Crippen LogP contribution in [0.25, 0.3) is 0 Å². The average molecular weight is 451 g/mol. The fourth-order valence-electron chi connectivity index (χ4n) is 2.81. The van der Waals surface area contributed by atoms with Crippen molar-refractivity contribution in [3.8, 4) is 0 Å². The molecule has 0 spiro atoms. The van der Waals surface area contributed by atoms with Gasteiger partial charge in [-0.05, 0) is 6.42 Å². The average Bonchev–Trinajstić information content (AvgIpc) is 2.49. The first-order chi connectivity index (χ1) is 12.0. The Bertz CT molecular complexity index is 496. The monoisotopic (exact) mass is 450 g/mol. The van der Waals surface area contributed by atoms with Crippen molar-refractivity contribution in [2.75, 3.05) is 82.2 Å². The molecule has 0 aromatic heterocycles. The van der Waals surface area contributed by atoms with Gasteiger partial charge >= 0.3 is 0 Å². The van der Waals surface area contributed by atoms with Gasteiger partial charge in [0.25, 0.3) is 0 Å². The van der Waals surface area contributed by atoms with Gasteiger partial charge in [0.2, 0.25) is 5.91 Å². The number of rotatable bonds is 13. The highest BCUT2D eigenvalue weighted by atomic mass is 16.2. The van der Waals surface area contributed by atoms with Crippen LogP contribution in [0, 0.1) is 27.7 Å². The SMILES string of the molecule is CCC(C)(C)C(=O)NC[N+](C)(C)CC(=O)CC[N+](C)(C)CCC[N+](C)(C)C.O.[CH3-].[CH3-].[CH3-]. The van der Waals surface area contributed by atoms with Crippen molar-refractivity contribution in [3.05, 3.63) is 22.3 Å². The minimum Gasteiger partial charge on any atom is -0.412 e. The van der Waals surface area contributed by atoms with Crippen molar-refractivity contribution in [1.29, 1.82) is 0 Å². The Morgan fingerprint density at radius 3 is 1.71 bits per heavy atom. The number of ketones is 1. The molecule has 0 fully saturated rings. The molecular weight excluding hydrogens is 392 g/mol. The Balaban J connectivity index is -0.000000563. The van der Waals surface area contributed by atoms with E-state index in [1.54, 1.807) is 0 Å². The normalized spacial score (nSPS) is 11.8. The van der Waals surface area contributed by atoms with Gasteiger partial charge in [0.15, 0.2) is 12.5 Å². The number of hydrogen-bond acceptors (Lipinski definition) is 2. The van der Waals surface area contributed by atoms with Crippen molar-refractivity contribution in [2.45, 2.75) is 40.0 Å². The highest BCUT2D eigenvalue weighted by Gasteiger charge is 2.28. The van der Waals surface area contributed by atoms with Gasteiger partial charge in [-0.2, -0.15) is 0 Å². The van der Waals surface area contributed by atoms with E-state index in [1.807, 2.05) is 34.9 Å². The molecule has 0 aliphatic rings. The van der Waals surface area contributed by atoms with Crippen molar-refractivity contribution >= 4 is 11.7 Å². The second-order valence-corrected chi connectivity index (χ2v) is 11.0. The third-order valence-corrected chi connectivity index (χ3v) is 5.36. The number of likely N-dealkylation sites (N-methyl/N-ethyl adjacent to an activating group) is 1. The van der Waals surface area contributed by atoms with Gasteiger partial charge in [-0.1, -0.05) is 20.8 Å². The topological polar surface area (TPSA) is 77.7 Å². The van der Waals surface area contributed by atoms with Crippen LogP contribution in [0.1, 0.15) is 40.0 Å². The summed E-state index contributed by atoms with van der Waals surface area (Å²) in [6, 6.07) is 0. The molecule has 0 aromatic carbocycles. The Labute approximate surface area is 195 Å². The molecule has 31 heavy (non-hydrogen) atoms. The largest absolute Gasteiger partial charge is 0.412 e. The van der Waals surface area contributed by atoms with Crippen molar-refractivity contribution in [3.63, 3.8) is 0 Å². The first-order valence-electron chi connectivity index (χ1n) is 10.2. The lowest BCUT2D eigenvalue weighted by Gasteiger charge is -2.33. The van der Waals surface area contributed by atoms with Crippen LogP contribution >= 0.6 is 0 Å². The summed E-state index contributed by atoms with van der Waals surface area (Å²) in [5.41, 5.74) is -0.364. The van der Waals surface area contributed by atoms with E-state index in [9.17, 15) is 9.59 Å². The minimum atomic E-state index is -0.364. The maximum atomic E-state index is 12.5. The molecule has 0 bridgehead atoms. The van der Waals surface area contributed by atoms with E-state index in [2.05, 4.69) is 40.6 Å². The van der Waals surface area contributed by atoms with Gasteiger partial charge in [0.1, 0.15) is 6.54 Å². The van der Waals surface area contributed by atoms with Crippen LogP contribution in [0.3, 0.4) is 0 Å². The molecule has 1 amide bonds. The second kappa shape index (κ2) is 15.7. The van der Waals surface area contributed by atoms with E-state index in [1.165, 1.54) is 0 Å². The van der Waals surface area contributed by atoms with E-state index >= 15 is 0 Å². The summed E-state index contributed by atoms with van der Waals surface area (Å²) in [5, 5.41) is 3.01. The molecule has 0 aliphatic carbocycles. The van der Waals surface area contributed by atoms with Gasteiger partial charge in [-0.25, -0.2) is 0 Å².